The SMILES string of the molecule is CC[C@@H]([NH2+][C@H](C)C(=O)N1CCc2ccccc21)c1ccc(Br)cc1. The van der Waals surface area contributed by atoms with Crippen molar-refractivity contribution in [3.63, 3.8) is 0 Å². The molecule has 0 spiro atoms. The van der Waals surface area contributed by atoms with E-state index < -0.39 is 0 Å². The maximum Gasteiger partial charge on any atom is 0.284 e. The summed E-state index contributed by atoms with van der Waals surface area (Å²) in [4.78, 5) is 14.9. The summed E-state index contributed by atoms with van der Waals surface area (Å²) in [5, 5.41) is 2.20. The second kappa shape index (κ2) is 7.49. The quantitative estimate of drug-likeness (QED) is 0.837. The van der Waals surface area contributed by atoms with Crippen LogP contribution in [0.2, 0.25) is 0 Å². The minimum absolute atomic E-state index is 0.0928. The zero-order valence-electron chi connectivity index (χ0n) is 14.2. The van der Waals surface area contributed by atoms with Gasteiger partial charge in [0.15, 0.2) is 6.04 Å². The highest BCUT2D eigenvalue weighted by molar-refractivity contribution is 9.10. The molecule has 0 saturated heterocycles. The van der Waals surface area contributed by atoms with Crippen molar-refractivity contribution in [1.29, 1.82) is 0 Å². The highest BCUT2D eigenvalue weighted by atomic mass is 79.9. The van der Waals surface area contributed by atoms with Crippen molar-refractivity contribution in [3.8, 4) is 0 Å². The van der Waals surface area contributed by atoms with Gasteiger partial charge in [-0.25, -0.2) is 0 Å². The Labute approximate surface area is 152 Å². The lowest BCUT2D eigenvalue weighted by atomic mass is 10.0. The average Bonchev–Trinajstić information content (AvgIpc) is 3.03. The molecular weight excluding hydrogens is 364 g/mol. The van der Waals surface area contributed by atoms with Gasteiger partial charge in [-0.1, -0.05) is 53.2 Å². The van der Waals surface area contributed by atoms with Crippen LogP contribution in [-0.2, 0) is 11.2 Å². The second-order valence-electron chi connectivity index (χ2n) is 6.42. The first-order chi connectivity index (χ1) is 11.6. The topological polar surface area (TPSA) is 36.9 Å². The first kappa shape index (κ1) is 17.2. The molecule has 1 aliphatic heterocycles. The number of carbonyl (C=O) groups is 1. The summed E-state index contributed by atoms with van der Waals surface area (Å²) in [6.07, 6.45) is 1.95. The molecule has 1 aliphatic rings. The monoisotopic (exact) mass is 387 g/mol. The molecule has 0 radical (unpaired) electrons. The van der Waals surface area contributed by atoms with Gasteiger partial charge >= 0.3 is 0 Å². The molecule has 0 bridgehead atoms. The number of benzene rings is 2. The van der Waals surface area contributed by atoms with Gasteiger partial charge in [0.05, 0.1) is 0 Å². The van der Waals surface area contributed by atoms with Gasteiger partial charge in [0, 0.05) is 28.7 Å². The fourth-order valence-corrected chi connectivity index (χ4v) is 3.70. The molecule has 1 amide bonds. The Kier molecular flexibility index (Phi) is 5.36. The lowest BCUT2D eigenvalue weighted by Gasteiger charge is -2.24. The van der Waals surface area contributed by atoms with Crippen LogP contribution in [0.3, 0.4) is 0 Å². The van der Waals surface area contributed by atoms with E-state index in [0.717, 1.165) is 29.5 Å². The number of halogens is 1. The minimum atomic E-state index is -0.0928. The number of quaternary nitrogens is 1. The smallest absolute Gasteiger partial charge is 0.284 e. The molecule has 1 heterocycles. The largest absolute Gasteiger partial charge is 0.330 e. The Hall–Kier alpha value is -1.65. The first-order valence-corrected chi connectivity index (χ1v) is 9.39. The lowest BCUT2D eigenvalue weighted by molar-refractivity contribution is -0.713. The number of nitrogens with zero attached hydrogens (tertiary/aromatic N) is 1. The summed E-state index contributed by atoms with van der Waals surface area (Å²) < 4.78 is 1.08. The predicted molar refractivity (Wildman–Crippen MR) is 101 cm³/mol. The average molecular weight is 388 g/mol. The number of rotatable bonds is 5. The van der Waals surface area contributed by atoms with Gasteiger partial charge in [0.1, 0.15) is 6.04 Å². The van der Waals surface area contributed by atoms with Gasteiger partial charge in [-0.2, -0.15) is 0 Å². The Morgan fingerprint density at radius 2 is 1.92 bits per heavy atom. The summed E-state index contributed by atoms with van der Waals surface area (Å²) in [7, 11) is 0. The molecule has 2 N–H and O–H groups in total. The van der Waals surface area contributed by atoms with Gasteiger partial charge < -0.3 is 10.2 Å². The number of anilines is 1. The van der Waals surface area contributed by atoms with Gasteiger partial charge in [-0.15, -0.1) is 0 Å². The van der Waals surface area contributed by atoms with Crippen molar-refractivity contribution >= 4 is 27.5 Å². The van der Waals surface area contributed by atoms with Crippen LogP contribution in [0.15, 0.2) is 53.0 Å². The molecule has 24 heavy (non-hydrogen) atoms. The molecule has 0 saturated carbocycles. The molecular formula is C20H24BrN2O+. The number of hydrogen-bond acceptors (Lipinski definition) is 1. The first-order valence-electron chi connectivity index (χ1n) is 8.60. The molecule has 0 aromatic heterocycles. The van der Waals surface area contributed by atoms with Gasteiger partial charge in [-0.05, 0) is 37.1 Å². The van der Waals surface area contributed by atoms with Crippen LogP contribution in [-0.4, -0.2) is 18.5 Å². The maximum absolute atomic E-state index is 12.9. The third-order valence-corrected chi connectivity index (χ3v) is 5.33. The molecule has 0 unspecified atom stereocenters. The van der Waals surface area contributed by atoms with Gasteiger partial charge in [-0.3, -0.25) is 4.79 Å². The second-order valence-corrected chi connectivity index (χ2v) is 7.33. The Balaban J connectivity index is 1.71. The van der Waals surface area contributed by atoms with E-state index in [1.54, 1.807) is 0 Å². The van der Waals surface area contributed by atoms with Gasteiger partial charge in [0.25, 0.3) is 5.91 Å². The third-order valence-electron chi connectivity index (χ3n) is 4.80. The molecule has 0 fully saturated rings. The number of amides is 1. The molecule has 2 aromatic carbocycles. The van der Waals surface area contributed by atoms with E-state index >= 15 is 0 Å². The van der Waals surface area contributed by atoms with Crippen molar-refractivity contribution in [1.82, 2.24) is 0 Å². The predicted octanol–water partition coefficient (Wildman–Crippen LogP) is 3.44. The zero-order valence-corrected chi connectivity index (χ0v) is 15.8. The highest BCUT2D eigenvalue weighted by Crippen LogP contribution is 2.27. The van der Waals surface area contributed by atoms with Gasteiger partial charge in [0.2, 0.25) is 0 Å². The molecule has 0 aliphatic carbocycles. The summed E-state index contributed by atoms with van der Waals surface area (Å²) in [5.74, 6) is 0.204. The maximum atomic E-state index is 12.9. The van der Waals surface area contributed by atoms with Crippen LogP contribution in [0.5, 0.6) is 0 Å². The summed E-state index contributed by atoms with van der Waals surface area (Å²) in [6.45, 7) is 4.99. The van der Waals surface area contributed by atoms with Crippen LogP contribution in [0, 0.1) is 0 Å². The van der Waals surface area contributed by atoms with Crippen molar-refractivity contribution < 1.29 is 10.1 Å². The van der Waals surface area contributed by atoms with Crippen molar-refractivity contribution in [2.24, 2.45) is 0 Å². The number of para-hydroxylation sites is 1. The molecule has 2 atom stereocenters. The minimum Gasteiger partial charge on any atom is -0.330 e. The third kappa shape index (κ3) is 3.55. The van der Waals surface area contributed by atoms with E-state index in [-0.39, 0.29) is 11.9 Å². The number of carbonyl (C=O) groups excluding carboxylic acids is 1. The van der Waals surface area contributed by atoms with Crippen LogP contribution < -0.4 is 10.2 Å². The molecule has 2 aromatic rings. The zero-order chi connectivity index (χ0) is 17.1. The molecule has 4 heteroatoms. The molecule has 3 nitrogen and oxygen atoms in total. The number of hydrogen-bond donors (Lipinski definition) is 1. The van der Waals surface area contributed by atoms with E-state index in [0.29, 0.717) is 6.04 Å². The number of nitrogens with two attached hydrogens (primary N) is 1. The van der Waals surface area contributed by atoms with E-state index in [1.165, 1.54) is 11.1 Å². The van der Waals surface area contributed by atoms with Crippen LogP contribution in [0.4, 0.5) is 5.69 Å². The van der Waals surface area contributed by atoms with E-state index in [1.807, 2.05) is 24.0 Å². The molecule has 3 rings (SSSR count). The Morgan fingerprint density at radius 1 is 1.21 bits per heavy atom. The van der Waals surface area contributed by atoms with Crippen molar-refractivity contribution in [2.75, 3.05) is 11.4 Å². The van der Waals surface area contributed by atoms with Crippen LogP contribution in [0.1, 0.15) is 37.4 Å². The fraction of sp³-hybridized carbons (Fsp3) is 0.350. The van der Waals surface area contributed by atoms with E-state index in [9.17, 15) is 4.79 Å². The van der Waals surface area contributed by atoms with E-state index in [4.69, 9.17) is 0 Å². The highest BCUT2D eigenvalue weighted by Gasteiger charge is 2.31. The van der Waals surface area contributed by atoms with Crippen molar-refractivity contribution in [2.45, 2.75) is 38.8 Å². The standard InChI is InChI=1S/C20H23BrN2O/c1-3-18(15-8-10-17(21)11-9-15)22-14(2)20(24)23-13-12-16-6-4-5-7-19(16)23/h4-11,14,18,22H,3,12-13H2,1-2H3/p+1/t14-,18-/m1/s1. The van der Waals surface area contributed by atoms with Crippen LogP contribution >= 0.6 is 15.9 Å². The number of fused-ring (bicyclic) bond motifs is 1. The fourth-order valence-electron chi connectivity index (χ4n) is 3.44. The summed E-state index contributed by atoms with van der Waals surface area (Å²) >= 11 is 3.48. The normalized spacial score (nSPS) is 15.9. The summed E-state index contributed by atoms with van der Waals surface area (Å²) in [5.41, 5.74) is 3.62. The van der Waals surface area contributed by atoms with Crippen molar-refractivity contribution in [3.05, 3.63) is 64.1 Å². The summed E-state index contributed by atoms with van der Waals surface area (Å²) in [6, 6.07) is 16.8. The Morgan fingerprint density at radius 3 is 2.62 bits per heavy atom. The Bertz CT molecular complexity index is 714. The molecule has 126 valence electrons. The lowest BCUT2D eigenvalue weighted by Crippen LogP contribution is -2.92. The van der Waals surface area contributed by atoms with E-state index in [2.05, 4.69) is 64.6 Å². The van der Waals surface area contributed by atoms with Crippen LogP contribution in [0.25, 0.3) is 0 Å².